The molecule has 8 nitrogen and oxygen atoms in total. The van der Waals surface area contributed by atoms with Crippen molar-refractivity contribution < 1.29 is 22.7 Å². The number of methoxy groups -OCH3 is 1. The fraction of sp³-hybridized carbons (Fsp3) is 0.185. The second kappa shape index (κ2) is 12.6. The molecule has 194 valence electrons. The highest BCUT2D eigenvalue weighted by molar-refractivity contribution is 9.10. The van der Waals surface area contributed by atoms with Gasteiger partial charge in [-0.1, -0.05) is 43.0 Å². The Hall–Kier alpha value is -3.63. The molecule has 3 aromatic carbocycles. The maximum absolute atomic E-state index is 13.5. The van der Waals surface area contributed by atoms with E-state index in [1.165, 1.54) is 25.5 Å². The SMILES string of the molecule is C=CCOc1c(Br)cc(/C=N\NC(=O)CN(c2cc(C)ccc2C)S(=O)(=O)c2ccccc2)cc1OC. The van der Waals surface area contributed by atoms with Crippen molar-refractivity contribution in [2.45, 2.75) is 18.7 Å². The minimum atomic E-state index is -4.02. The normalized spacial score (nSPS) is 11.2. The first-order chi connectivity index (χ1) is 17.7. The third-order valence-corrected chi connectivity index (χ3v) is 7.61. The molecule has 0 unspecified atom stereocenters. The number of amides is 1. The molecule has 0 aromatic heterocycles. The number of anilines is 1. The summed E-state index contributed by atoms with van der Waals surface area (Å²) in [4.78, 5) is 12.9. The van der Waals surface area contributed by atoms with Crippen molar-refractivity contribution in [3.05, 3.63) is 94.5 Å². The fourth-order valence-corrected chi connectivity index (χ4v) is 5.52. The summed E-state index contributed by atoms with van der Waals surface area (Å²) in [6, 6.07) is 16.9. The van der Waals surface area contributed by atoms with Gasteiger partial charge in [0.05, 0.1) is 28.4 Å². The van der Waals surface area contributed by atoms with Crippen LogP contribution in [0.25, 0.3) is 0 Å². The maximum Gasteiger partial charge on any atom is 0.264 e. The van der Waals surface area contributed by atoms with Gasteiger partial charge in [-0.15, -0.1) is 0 Å². The van der Waals surface area contributed by atoms with Crippen molar-refractivity contribution in [1.29, 1.82) is 0 Å². The Kier molecular flexibility index (Phi) is 9.48. The van der Waals surface area contributed by atoms with Crippen LogP contribution >= 0.6 is 15.9 Å². The predicted octanol–water partition coefficient (Wildman–Crippen LogP) is 4.98. The summed E-state index contributed by atoms with van der Waals surface area (Å²) < 4.78 is 39.8. The average molecular weight is 587 g/mol. The summed E-state index contributed by atoms with van der Waals surface area (Å²) in [6.07, 6.45) is 3.05. The Bertz CT molecular complexity index is 1410. The number of carbonyl (C=O) groups excluding carboxylic acids is 1. The van der Waals surface area contributed by atoms with Gasteiger partial charge in [0, 0.05) is 0 Å². The largest absolute Gasteiger partial charge is 0.493 e. The molecule has 1 amide bonds. The lowest BCUT2D eigenvalue weighted by Crippen LogP contribution is -2.40. The molecule has 0 bridgehead atoms. The van der Waals surface area contributed by atoms with Gasteiger partial charge in [-0.05, 0) is 76.8 Å². The number of benzene rings is 3. The molecular formula is C27H28BrN3O5S. The second-order valence-corrected chi connectivity index (χ2v) is 10.8. The molecule has 0 atom stereocenters. The number of sulfonamides is 1. The molecule has 1 N–H and O–H groups in total. The van der Waals surface area contributed by atoms with Gasteiger partial charge in [-0.2, -0.15) is 5.10 Å². The van der Waals surface area contributed by atoms with Crippen LogP contribution in [0, 0.1) is 13.8 Å². The van der Waals surface area contributed by atoms with E-state index in [4.69, 9.17) is 9.47 Å². The van der Waals surface area contributed by atoms with E-state index in [1.807, 2.05) is 19.1 Å². The van der Waals surface area contributed by atoms with Crippen LogP contribution in [0.5, 0.6) is 11.5 Å². The van der Waals surface area contributed by atoms with Gasteiger partial charge in [-0.25, -0.2) is 13.8 Å². The van der Waals surface area contributed by atoms with Crippen LogP contribution in [0.15, 0.2) is 87.8 Å². The summed E-state index contributed by atoms with van der Waals surface area (Å²) in [7, 11) is -2.50. The van der Waals surface area contributed by atoms with Crippen LogP contribution in [0.4, 0.5) is 5.69 Å². The molecule has 0 spiro atoms. The molecule has 0 saturated heterocycles. The number of rotatable bonds is 11. The Balaban J connectivity index is 1.84. The first-order valence-corrected chi connectivity index (χ1v) is 13.5. The zero-order valence-corrected chi connectivity index (χ0v) is 23.2. The minimum Gasteiger partial charge on any atom is -0.493 e. The Morgan fingerprint density at radius 2 is 1.86 bits per heavy atom. The summed E-state index contributed by atoms with van der Waals surface area (Å²) >= 11 is 3.44. The van der Waals surface area contributed by atoms with Crippen LogP contribution in [0.2, 0.25) is 0 Å². The number of hydrogen-bond donors (Lipinski definition) is 1. The number of ether oxygens (including phenoxy) is 2. The van der Waals surface area contributed by atoms with Crippen LogP contribution in [-0.4, -0.2) is 40.8 Å². The highest BCUT2D eigenvalue weighted by atomic mass is 79.9. The Labute approximate surface area is 225 Å². The van der Waals surface area contributed by atoms with Gasteiger partial charge in [-0.3, -0.25) is 9.10 Å². The summed E-state index contributed by atoms with van der Waals surface area (Å²) in [5, 5.41) is 4.01. The molecule has 0 aliphatic carbocycles. The standard InChI is InChI=1S/C27H28BrN3O5S/c1-5-13-36-27-23(28)15-21(16-25(27)35-4)17-29-30-26(32)18-31(24-14-19(2)11-12-20(24)3)37(33,34)22-9-7-6-8-10-22/h5-12,14-17H,1,13,18H2,2-4H3,(H,30,32)/b29-17-. The zero-order valence-electron chi connectivity index (χ0n) is 20.8. The van der Waals surface area contributed by atoms with Crippen molar-refractivity contribution in [2.24, 2.45) is 5.10 Å². The second-order valence-electron chi connectivity index (χ2n) is 8.04. The topological polar surface area (TPSA) is 97.3 Å². The number of hydrazone groups is 1. The van der Waals surface area contributed by atoms with E-state index in [2.05, 4.69) is 33.0 Å². The molecule has 10 heteroatoms. The van der Waals surface area contributed by atoms with Gasteiger partial charge >= 0.3 is 0 Å². The highest BCUT2D eigenvalue weighted by Gasteiger charge is 2.28. The summed E-state index contributed by atoms with van der Waals surface area (Å²) in [5.41, 5.74) is 5.05. The quantitative estimate of drug-likeness (QED) is 0.194. The molecule has 0 heterocycles. The molecule has 0 aliphatic heterocycles. The van der Waals surface area contributed by atoms with E-state index < -0.39 is 22.5 Å². The monoisotopic (exact) mass is 585 g/mol. The smallest absolute Gasteiger partial charge is 0.264 e. The maximum atomic E-state index is 13.5. The number of hydrogen-bond acceptors (Lipinski definition) is 6. The van der Waals surface area contributed by atoms with E-state index in [-0.39, 0.29) is 4.90 Å². The van der Waals surface area contributed by atoms with Crippen LogP contribution in [0.3, 0.4) is 0 Å². The van der Waals surface area contributed by atoms with E-state index in [9.17, 15) is 13.2 Å². The zero-order chi connectivity index (χ0) is 27.0. The number of carbonyl (C=O) groups is 1. The first-order valence-electron chi connectivity index (χ1n) is 11.3. The first kappa shape index (κ1) is 27.9. The van der Waals surface area contributed by atoms with Crippen molar-refractivity contribution in [3.63, 3.8) is 0 Å². The van der Waals surface area contributed by atoms with Gasteiger partial charge in [0.25, 0.3) is 15.9 Å². The lowest BCUT2D eigenvalue weighted by Gasteiger charge is -2.25. The molecule has 37 heavy (non-hydrogen) atoms. The lowest BCUT2D eigenvalue weighted by atomic mass is 10.1. The van der Waals surface area contributed by atoms with Crippen LogP contribution in [0.1, 0.15) is 16.7 Å². The van der Waals surface area contributed by atoms with E-state index in [0.29, 0.717) is 33.8 Å². The summed E-state index contributed by atoms with van der Waals surface area (Å²) in [5.74, 6) is 0.381. The predicted molar refractivity (Wildman–Crippen MR) is 149 cm³/mol. The molecule has 0 saturated carbocycles. The van der Waals surface area contributed by atoms with Gasteiger partial charge in [0.1, 0.15) is 13.2 Å². The molecule has 0 fully saturated rings. The average Bonchev–Trinajstić information content (AvgIpc) is 2.88. The van der Waals surface area contributed by atoms with E-state index in [0.717, 1.165) is 15.4 Å². The van der Waals surface area contributed by atoms with Crippen molar-refractivity contribution in [3.8, 4) is 11.5 Å². The molecular weight excluding hydrogens is 558 g/mol. The number of aryl methyl sites for hydroxylation is 2. The lowest BCUT2D eigenvalue weighted by molar-refractivity contribution is -0.119. The minimum absolute atomic E-state index is 0.0860. The van der Waals surface area contributed by atoms with Crippen LogP contribution < -0.4 is 19.2 Å². The number of nitrogens with zero attached hydrogens (tertiary/aromatic N) is 2. The third-order valence-electron chi connectivity index (χ3n) is 5.25. The molecule has 3 aromatic rings. The number of nitrogens with one attached hydrogen (secondary N) is 1. The Morgan fingerprint density at radius 3 is 2.54 bits per heavy atom. The van der Waals surface area contributed by atoms with Crippen LogP contribution in [-0.2, 0) is 14.8 Å². The van der Waals surface area contributed by atoms with Crippen molar-refractivity contribution >= 4 is 43.8 Å². The van der Waals surface area contributed by atoms with Gasteiger partial charge in [0.2, 0.25) is 0 Å². The third kappa shape index (κ3) is 6.99. The van der Waals surface area contributed by atoms with Crippen molar-refractivity contribution in [2.75, 3.05) is 24.6 Å². The molecule has 0 radical (unpaired) electrons. The number of halogens is 1. The van der Waals surface area contributed by atoms with Gasteiger partial charge < -0.3 is 9.47 Å². The summed E-state index contributed by atoms with van der Waals surface area (Å²) in [6.45, 7) is 7.14. The molecule has 3 rings (SSSR count). The fourth-order valence-electron chi connectivity index (χ4n) is 3.45. The van der Waals surface area contributed by atoms with Crippen molar-refractivity contribution in [1.82, 2.24) is 5.43 Å². The van der Waals surface area contributed by atoms with Gasteiger partial charge in [0.15, 0.2) is 11.5 Å². The molecule has 0 aliphatic rings. The van der Waals surface area contributed by atoms with E-state index >= 15 is 0 Å². The van der Waals surface area contributed by atoms with E-state index in [1.54, 1.807) is 49.4 Å². The highest BCUT2D eigenvalue weighted by Crippen LogP contribution is 2.36. The Morgan fingerprint density at radius 1 is 1.14 bits per heavy atom.